The maximum absolute atomic E-state index is 12.1. The Balaban J connectivity index is 2.55. The van der Waals surface area contributed by atoms with E-state index < -0.39 is 29.6 Å². The van der Waals surface area contributed by atoms with Crippen molar-refractivity contribution in [3.05, 3.63) is 43.8 Å². The topological polar surface area (TPSA) is 120 Å². The van der Waals surface area contributed by atoms with Crippen LogP contribution in [0, 0.1) is 20.2 Å². The molecule has 8 nitrogen and oxygen atoms in total. The smallest absolute Gasteiger partial charge is 0.258 e. The van der Waals surface area contributed by atoms with Crippen molar-refractivity contribution in [2.75, 3.05) is 0 Å². The summed E-state index contributed by atoms with van der Waals surface area (Å²) in [6, 6.07) is 3.24. The Labute approximate surface area is 114 Å². The van der Waals surface area contributed by atoms with Gasteiger partial charge in [0.05, 0.1) is 9.85 Å². The molecule has 2 rings (SSSR count). The van der Waals surface area contributed by atoms with Crippen LogP contribution in [0.1, 0.15) is 0 Å². The summed E-state index contributed by atoms with van der Waals surface area (Å²) in [5, 5.41) is 21.7. The zero-order valence-electron chi connectivity index (χ0n) is 8.88. The molecule has 0 saturated carbocycles. The lowest BCUT2D eigenvalue weighted by molar-refractivity contribution is -0.383. The molecule has 0 aliphatic carbocycles. The highest BCUT2D eigenvalue weighted by Crippen LogP contribution is 2.37. The number of nitro groups is 2. The van der Waals surface area contributed by atoms with E-state index >= 15 is 0 Å². The predicted molar refractivity (Wildman–Crippen MR) is 67.4 cm³/mol. The van der Waals surface area contributed by atoms with Crippen LogP contribution in [-0.2, 0) is 9.84 Å². The summed E-state index contributed by atoms with van der Waals surface area (Å²) in [7, 11) is -4.10. The van der Waals surface area contributed by atoms with Crippen LogP contribution >= 0.6 is 22.7 Å². The normalized spacial score (nSPS) is 11.4. The van der Waals surface area contributed by atoms with Gasteiger partial charge in [0, 0.05) is 6.07 Å². The molecular formula is C8H4N2O6S3. The summed E-state index contributed by atoms with van der Waals surface area (Å²) in [6.45, 7) is 0. The summed E-state index contributed by atoms with van der Waals surface area (Å²) in [6.07, 6.45) is 0. The minimum absolute atomic E-state index is 0.291. The third kappa shape index (κ3) is 2.34. The zero-order chi connectivity index (χ0) is 14.2. The fourth-order valence-electron chi connectivity index (χ4n) is 1.29. The summed E-state index contributed by atoms with van der Waals surface area (Å²) in [5.41, 5.74) is 0. The summed E-state index contributed by atoms with van der Waals surface area (Å²) in [5.74, 6) is 0. The average molecular weight is 320 g/mol. The first-order valence-corrected chi connectivity index (χ1v) is 7.73. The van der Waals surface area contributed by atoms with Gasteiger partial charge in [-0.05, 0) is 17.5 Å². The maximum Gasteiger partial charge on any atom is 0.343 e. The number of hydrogen-bond donors (Lipinski definition) is 0. The number of hydrogen-bond acceptors (Lipinski definition) is 8. The molecule has 0 bridgehead atoms. The summed E-state index contributed by atoms with van der Waals surface area (Å²) in [4.78, 5) is 19.3. The quantitative estimate of drug-likeness (QED) is 0.630. The molecule has 0 aliphatic heterocycles. The molecule has 0 fully saturated rings. The number of rotatable bonds is 4. The molecule has 19 heavy (non-hydrogen) atoms. The van der Waals surface area contributed by atoms with Crippen molar-refractivity contribution in [3.8, 4) is 0 Å². The number of nitrogens with zero attached hydrogens (tertiary/aromatic N) is 2. The van der Waals surface area contributed by atoms with E-state index in [1.165, 1.54) is 5.38 Å². The molecule has 0 amide bonds. The van der Waals surface area contributed by atoms with E-state index in [0.29, 0.717) is 22.7 Å². The Hall–Kier alpha value is -1.85. The van der Waals surface area contributed by atoms with Gasteiger partial charge in [-0.3, -0.25) is 20.2 Å². The van der Waals surface area contributed by atoms with Gasteiger partial charge >= 0.3 is 10.0 Å². The second-order valence-electron chi connectivity index (χ2n) is 3.20. The van der Waals surface area contributed by atoms with Gasteiger partial charge in [0.2, 0.25) is 9.84 Å². The lowest BCUT2D eigenvalue weighted by atomic mass is 10.6. The molecule has 100 valence electrons. The standard InChI is InChI=1S/C8H4N2O6S3/c11-9(12)6-1-2-7(18-6)19(15,16)5-3-4-17-8(5)10(13)14/h1-4H. The fourth-order valence-corrected chi connectivity index (χ4v) is 4.98. The van der Waals surface area contributed by atoms with E-state index in [-0.39, 0.29) is 9.21 Å². The maximum atomic E-state index is 12.1. The first-order valence-electron chi connectivity index (χ1n) is 4.55. The Morgan fingerprint density at radius 3 is 2.26 bits per heavy atom. The van der Waals surface area contributed by atoms with Crippen LogP contribution in [-0.4, -0.2) is 18.3 Å². The molecule has 0 aliphatic rings. The second kappa shape index (κ2) is 4.68. The van der Waals surface area contributed by atoms with Crippen LogP contribution in [0.4, 0.5) is 10.0 Å². The molecule has 0 radical (unpaired) electrons. The van der Waals surface area contributed by atoms with Gasteiger partial charge in [0.15, 0.2) is 4.90 Å². The van der Waals surface area contributed by atoms with Crippen LogP contribution in [0.5, 0.6) is 0 Å². The molecular weight excluding hydrogens is 316 g/mol. The van der Waals surface area contributed by atoms with Gasteiger partial charge in [-0.1, -0.05) is 22.7 Å². The Kier molecular flexibility index (Phi) is 3.34. The highest BCUT2D eigenvalue weighted by atomic mass is 32.2. The predicted octanol–water partition coefficient (Wildman–Crippen LogP) is 2.46. The Morgan fingerprint density at radius 1 is 1.05 bits per heavy atom. The molecule has 0 N–H and O–H groups in total. The fraction of sp³-hybridized carbons (Fsp3) is 0. The monoisotopic (exact) mass is 320 g/mol. The van der Waals surface area contributed by atoms with E-state index in [0.717, 1.165) is 18.2 Å². The lowest BCUT2D eigenvalue weighted by Crippen LogP contribution is -2.01. The molecule has 0 spiro atoms. The summed E-state index contributed by atoms with van der Waals surface area (Å²) >= 11 is 1.15. The van der Waals surface area contributed by atoms with Gasteiger partial charge in [-0.25, -0.2) is 8.42 Å². The van der Waals surface area contributed by atoms with Gasteiger partial charge < -0.3 is 0 Å². The first kappa shape index (κ1) is 13.6. The van der Waals surface area contributed by atoms with E-state index in [9.17, 15) is 28.6 Å². The van der Waals surface area contributed by atoms with Crippen molar-refractivity contribution < 1.29 is 18.3 Å². The van der Waals surface area contributed by atoms with Crippen molar-refractivity contribution in [2.24, 2.45) is 0 Å². The molecule has 0 unspecified atom stereocenters. The van der Waals surface area contributed by atoms with Gasteiger partial charge in [0.1, 0.15) is 4.21 Å². The van der Waals surface area contributed by atoms with Crippen molar-refractivity contribution >= 4 is 42.5 Å². The minimum Gasteiger partial charge on any atom is -0.258 e. The first-order chi connectivity index (χ1) is 8.84. The molecule has 0 aromatic carbocycles. The molecule has 11 heteroatoms. The third-order valence-electron chi connectivity index (χ3n) is 2.08. The lowest BCUT2D eigenvalue weighted by Gasteiger charge is -1.97. The largest absolute Gasteiger partial charge is 0.343 e. The average Bonchev–Trinajstić information content (AvgIpc) is 2.98. The Morgan fingerprint density at radius 2 is 1.74 bits per heavy atom. The van der Waals surface area contributed by atoms with Crippen molar-refractivity contribution in [2.45, 2.75) is 9.10 Å². The summed E-state index contributed by atoms with van der Waals surface area (Å²) < 4.78 is 24.0. The van der Waals surface area contributed by atoms with E-state index in [2.05, 4.69) is 0 Å². The number of sulfone groups is 1. The third-order valence-corrected chi connectivity index (χ3v) is 6.38. The minimum atomic E-state index is -4.10. The van der Waals surface area contributed by atoms with Crippen LogP contribution in [0.2, 0.25) is 0 Å². The van der Waals surface area contributed by atoms with Crippen molar-refractivity contribution in [1.29, 1.82) is 0 Å². The SMILES string of the molecule is O=[N+]([O-])c1ccc(S(=O)(=O)c2ccsc2[N+](=O)[O-])s1. The molecule has 2 aromatic rings. The molecule has 2 aromatic heterocycles. The van der Waals surface area contributed by atoms with Crippen LogP contribution in [0.15, 0.2) is 32.7 Å². The number of thiophene rings is 2. The Bertz CT molecular complexity index is 759. The molecule has 0 saturated heterocycles. The van der Waals surface area contributed by atoms with Gasteiger partial charge in [-0.2, -0.15) is 0 Å². The van der Waals surface area contributed by atoms with Gasteiger partial charge in [-0.15, -0.1) is 0 Å². The van der Waals surface area contributed by atoms with E-state index in [1.807, 2.05) is 0 Å². The molecule has 2 heterocycles. The second-order valence-corrected chi connectivity index (χ2v) is 7.30. The highest BCUT2D eigenvalue weighted by Gasteiger charge is 2.31. The van der Waals surface area contributed by atoms with E-state index in [4.69, 9.17) is 0 Å². The van der Waals surface area contributed by atoms with Gasteiger partial charge in [0.25, 0.3) is 0 Å². The van der Waals surface area contributed by atoms with Crippen molar-refractivity contribution in [3.63, 3.8) is 0 Å². The molecule has 0 atom stereocenters. The van der Waals surface area contributed by atoms with Crippen LogP contribution in [0.3, 0.4) is 0 Å². The highest BCUT2D eigenvalue weighted by molar-refractivity contribution is 7.93. The van der Waals surface area contributed by atoms with E-state index in [1.54, 1.807) is 0 Å². The van der Waals surface area contributed by atoms with Crippen molar-refractivity contribution in [1.82, 2.24) is 0 Å². The van der Waals surface area contributed by atoms with Crippen LogP contribution in [0.25, 0.3) is 0 Å². The zero-order valence-corrected chi connectivity index (χ0v) is 11.3. The van der Waals surface area contributed by atoms with Crippen LogP contribution < -0.4 is 0 Å².